The molecule has 1 heterocycles. The number of nitro groups is 1. The molecule has 0 amide bonds. The molecule has 9 nitrogen and oxygen atoms in total. The van der Waals surface area contributed by atoms with Crippen LogP contribution in [0.2, 0.25) is 0 Å². The molecular formula is C20H23N5O4S. The second-order valence-electron chi connectivity index (χ2n) is 6.50. The molecule has 3 aromatic rings. The van der Waals surface area contributed by atoms with Crippen LogP contribution in [0.4, 0.5) is 11.4 Å². The maximum Gasteiger partial charge on any atom is 0.293 e. The zero-order valence-corrected chi connectivity index (χ0v) is 17.5. The van der Waals surface area contributed by atoms with Crippen molar-refractivity contribution in [1.29, 1.82) is 0 Å². The fourth-order valence-electron chi connectivity index (χ4n) is 3.11. The number of hydrogen-bond donors (Lipinski definition) is 1. The van der Waals surface area contributed by atoms with E-state index in [4.69, 9.17) is 0 Å². The SMILES string of the molecule is CCN(CC)S(=O)(=O)c1ccc(NCc2cccc(-n3cccn3)c2)c([N+](=O)[O-])c1. The van der Waals surface area contributed by atoms with Crippen LogP contribution >= 0.6 is 0 Å². The van der Waals surface area contributed by atoms with Gasteiger partial charge in [0.25, 0.3) is 5.69 Å². The molecule has 0 fully saturated rings. The average molecular weight is 430 g/mol. The van der Waals surface area contributed by atoms with Gasteiger partial charge in [-0.3, -0.25) is 10.1 Å². The molecule has 0 aliphatic carbocycles. The molecule has 0 aliphatic rings. The first kappa shape index (κ1) is 21.5. The zero-order chi connectivity index (χ0) is 21.7. The second kappa shape index (κ2) is 9.06. The molecule has 0 spiro atoms. The maximum atomic E-state index is 12.7. The lowest BCUT2D eigenvalue weighted by Crippen LogP contribution is -2.30. The number of anilines is 1. The number of nitro benzene ring substituents is 1. The smallest absolute Gasteiger partial charge is 0.293 e. The lowest BCUT2D eigenvalue weighted by molar-refractivity contribution is -0.384. The van der Waals surface area contributed by atoms with Gasteiger partial charge in [0.1, 0.15) is 5.69 Å². The number of sulfonamides is 1. The number of aromatic nitrogens is 2. The Kier molecular flexibility index (Phi) is 6.48. The zero-order valence-electron chi connectivity index (χ0n) is 16.7. The fraction of sp³-hybridized carbons (Fsp3) is 0.250. The number of rotatable bonds is 9. The van der Waals surface area contributed by atoms with E-state index in [1.165, 1.54) is 16.4 Å². The van der Waals surface area contributed by atoms with Gasteiger partial charge in [-0.1, -0.05) is 26.0 Å². The van der Waals surface area contributed by atoms with Gasteiger partial charge in [0, 0.05) is 38.1 Å². The highest BCUT2D eigenvalue weighted by atomic mass is 32.2. The molecule has 1 aromatic heterocycles. The summed E-state index contributed by atoms with van der Waals surface area (Å²) in [7, 11) is -3.78. The Bertz CT molecular complexity index is 1130. The Morgan fingerprint density at radius 3 is 2.53 bits per heavy atom. The molecule has 30 heavy (non-hydrogen) atoms. The first-order chi connectivity index (χ1) is 14.4. The summed E-state index contributed by atoms with van der Waals surface area (Å²) < 4.78 is 28.4. The third-order valence-electron chi connectivity index (χ3n) is 4.67. The van der Waals surface area contributed by atoms with Gasteiger partial charge in [0.15, 0.2) is 0 Å². The summed E-state index contributed by atoms with van der Waals surface area (Å²) in [5.41, 5.74) is 1.74. The Morgan fingerprint density at radius 1 is 1.13 bits per heavy atom. The highest BCUT2D eigenvalue weighted by Crippen LogP contribution is 2.29. The molecule has 2 aromatic carbocycles. The lowest BCUT2D eigenvalue weighted by Gasteiger charge is -2.18. The van der Waals surface area contributed by atoms with E-state index in [9.17, 15) is 18.5 Å². The van der Waals surface area contributed by atoms with Gasteiger partial charge < -0.3 is 5.32 Å². The molecule has 0 bridgehead atoms. The van der Waals surface area contributed by atoms with Crippen molar-refractivity contribution in [2.24, 2.45) is 0 Å². The fourth-order valence-corrected chi connectivity index (χ4v) is 4.59. The summed E-state index contributed by atoms with van der Waals surface area (Å²) in [5, 5.41) is 18.8. The Hall–Kier alpha value is -3.24. The van der Waals surface area contributed by atoms with Crippen LogP contribution in [-0.4, -0.2) is 40.5 Å². The van der Waals surface area contributed by atoms with Crippen LogP contribution < -0.4 is 5.32 Å². The van der Waals surface area contributed by atoms with Crippen LogP contribution in [0.5, 0.6) is 0 Å². The highest BCUT2D eigenvalue weighted by molar-refractivity contribution is 7.89. The van der Waals surface area contributed by atoms with E-state index in [-0.39, 0.29) is 16.3 Å². The summed E-state index contributed by atoms with van der Waals surface area (Å²) in [6.45, 7) is 4.36. The van der Waals surface area contributed by atoms with Gasteiger partial charge in [-0.05, 0) is 35.9 Å². The van der Waals surface area contributed by atoms with Crippen molar-refractivity contribution >= 4 is 21.4 Å². The lowest BCUT2D eigenvalue weighted by atomic mass is 10.2. The second-order valence-corrected chi connectivity index (χ2v) is 8.44. The average Bonchev–Trinajstić information content (AvgIpc) is 3.28. The van der Waals surface area contributed by atoms with Crippen molar-refractivity contribution in [2.45, 2.75) is 25.3 Å². The van der Waals surface area contributed by atoms with E-state index in [1.54, 1.807) is 24.7 Å². The standard InChI is InChI=1S/C20H23N5O4S/c1-3-23(4-2)30(28,29)18-9-10-19(20(14-18)25(26)27)21-15-16-7-5-8-17(13-16)24-12-6-11-22-24/h5-14,21H,3-4,15H2,1-2H3. The van der Waals surface area contributed by atoms with E-state index in [0.29, 0.717) is 19.6 Å². The van der Waals surface area contributed by atoms with Crippen LogP contribution in [0, 0.1) is 10.1 Å². The van der Waals surface area contributed by atoms with E-state index >= 15 is 0 Å². The molecule has 0 aliphatic heterocycles. The quantitative estimate of drug-likeness (QED) is 0.412. The van der Waals surface area contributed by atoms with Crippen molar-refractivity contribution < 1.29 is 13.3 Å². The van der Waals surface area contributed by atoms with Gasteiger partial charge in [-0.2, -0.15) is 9.40 Å². The molecular weight excluding hydrogens is 406 g/mol. The molecule has 3 rings (SSSR count). The predicted octanol–water partition coefficient (Wildman–Crippen LogP) is 3.42. The van der Waals surface area contributed by atoms with Gasteiger partial charge in [-0.25, -0.2) is 13.1 Å². The van der Waals surface area contributed by atoms with Crippen LogP contribution in [0.1, 0.15) is 19.4 Å². The number of nitrogens with zero attached hydrogens (tertiary/aromatic N) is 4. The molecule has 158 valence electrons. The highest BCUT2D eigenvalue weighted by Gasteiger charge is 2.25. The van der Waals surface area contributed by atoms with E-state index in [0.717, 1.165) is 17.3 Å². The summed E-state index contributed by atoms with van der Waals surface area (Å²) in [6, 6.07) is 13.4. The van der Waals surface area contributed by atoms with Crippen LogP contribution in [0.3, 0.4) is 0 Å². The van der Waals surface area contributed by atoms with E-state index < -0.39 is 14.9 Å². The van der Waals surface area contributed by atoms with Crippen molar-refractivity contribution in [2.75, 3.05) is 18.4 Å². The van der Waals surface area contributed by atoms with Gasteiger partial charge in [0.05, 0.1) is 15.5 Å². The normalized spacial score (nSPS) is 11.6. The van der Waals surface area contributed by atoms with Crippen LogP contribution in [0.25, 0.3) is 5.69 Å². The van der Waals surface area contributed by atoms with Crippen molar-refractivity contribution in [1.82, 2.24) is 14.1 Å². The maximum absolute atomic E-state index is 12.7. The Labute approximate surface area is 175 Å². The van der Waals surface area contributed by atoms with E-state index in [1.807, 2.05) is 36.5 Å². The van der Waals surface area contributed by atoms with Gasteiger partial charge >= 0.3 is 0 Å². The first-order valence-corrected chi connectivity index (χ1v) is 10.9. The molecule has 10 heteroatoms. The number of hydrogen-bond acceptors (Lipinski definition) is 6. The van der Waals surface area contributed by atoms with Crippen molar-refractivity contribution in [3.63, 3.8) is 0 Å². The molecule has 0 radical (unpaired) electrons. The third kappa shape index (κ3) is 4.50. The predicted molar refractivity (Wildman–Crippen MR) is 114 cm³/mol. The Balaban J connectivity index is 1.85. The monoisotopic (exact) mass is 429 g/mol. The van der Waals surface area contributed by atoms with Crippen molar-refractivity contribution in [3.05, 3.63) is 76.6 Å². The Morgan fingerprint density at radius 2 is 1.90 bits per heavy atom. The summed E-state index contributed by atoms with van der Waals surface area (Å²) >= 11 is 0. The topological polar surface area (TPSA) is 110 Å². The van der Waals surface area contributed by atoms with Crippen LogP contribution in [-0.2, 0) is 16.6 Å². The third-order valence-corrected chi connectivity index (χ3v) is 6.72. The van der Waals surface area contributed by atoms with Gasteiger partial charge in [-0.15, -0.1) is 0 Å². The van der Waals surface area contributed by atoms with Gasteiger partial charge in [0.2, 0.25) is 10.0 Å². The van der Waals surface area contributed by atoms with Crippen molar-refractivity contribution in [3.8, 4) is 5.69 Å². The molecule has 0 saturated heterocycles. The van der Waals surface area contributed by atoms with E-state index in [2.05, 4.69) is 10.4 Å². The summed E-state index contributed by atoms with van der Waals surface area (Å²) in [5.74, 6) is 0. The molecule has 0 atom stereocenters. The summed E-state index contributed by atoms with van der Waals surface area (Å²) in [6.07, 6.45) is 3.51. The molecule has 0 unspecified atom stereocenters. The minimum atomic E-state index is -3.78. The molecule has 1 N–H and O–H groups in total. The summed E-state index contributed by atoms with van der Waals surface area (Å²) in [4.78, 5) is 10.9. The van der Waals surface area contributed by atoms with Crippen LogP contribution in [0.15, 0.2) is 65.8 Å². The molecule has 0 saturated carbocycles. The largest absolute Gasteiger partial charge is 0.375 e. The first-order valence-electron chi connectivity index (χ1n) is 9.48. The number of benzene rings is 2. The number of nitrogens with one attached hydrogen (secondary N) is 1. The minimum Gasteiger partial charge on any atom is -0.375 e. The minimum absolute atomic E-state index is 0.0934.